The molecule has 0 saturated heterocycles. The maximum absolute atomic E-state index is 12.7. The number of hydrogen-bond donors (Lipinski definition) is 1. The van der Waals surface area contributed by atoms with Crippen molar-refractivity contribution < 1.29 is 13.2 Å². The predicted molar refractivity (Wildman–Crippen MR) is 115 cm³/mol. The van der Waals surface area contributed by atoms with Gasteiger partial charge in [0.25, 0.3) is 0 Å². The number of nitrogens with zero attached hydrogens (tertiary/aromatic N) is 1. The Morgan fingerprint density at radius 2 is 1.68 bits per heavy atom. The fraction of sp³-hybridized carbons (Fsp3) is 0.381. The molecule has 2 aromatic carbocycles. The first-order valence-corrected chi connectivity index (χ1v) is 11.8. The van der Waals surface area contributed by atoms with E-state index in [1.54, 1.807) is 36.0 Å². The molecule has 0 aromatic heterocycles. The maximum Gasteiger partial charge on any atom is 0.243 e. The average molecular weight is 421 g/mol. The molecule has 0 saturated carbocycles. The molecule has 0 bridgehead atoms. The van der Waals surface area contributed by atoms with E-state index in [1.165, 1.54) is 7.05 Å². The van der Waals surface area contributed by atoms with Crippen molar-refractivity contribution in [3.05, 3.63) is 60.2 Å². The maximum atomic E-state index is 12.7. The fourth-order valence-corrected chi connectivity index (χ4v) is 4.43. The molecule has 1 N–H and O–H groups in total. The summed E-state index contributed by atoms with van der Waals surface area (Å²) in [5.41, 5.74) is 1.02. The molecule has 0 aliphatic carbocycles. The SMILES string of the molecule is CSc1ccc(S(=O)(=O)N(C)CC(=O)N[C@H](CC(C)C)c2ccccc2)cc1. The number of hydrogen-bond acceptors (Lipinski definition) is 4. The van der Waals surface area contributed by atoms with E-state index in [9.17, 15) is 13.2 Å². The Balaban J connectivity index is 2.08. The van der Waals surface area contributed by atoms with Crippen LogP contribution in [0.4, 0.5) is 0 Å². The van der Waals surface area contributed by atoms with Crippen molar-refractivity contribution in [2.24, 2.45) is 5.92 Å². The molecule has 0 aliphatic heterocycles. The second-order valence-corrected chi connectivity index (χ2v) is 10.0. The van der Waals surface area contributed by atoms with Crippen molar-refractivity contribution in [1.29, 1.82) is 0 Å². The molecule has 1 amide bonds. The summed E-state index contributed by atoms with van der Waals surface area (Å²) < 4.78 is 26.6. The van der Waals surface area contributed by atoms with Gasteiger partial charge in [-0.3, -0.25) is 4.79 Å². The van der Waals surface area contributed by atoms with Crippen LogP contribution >= 0.6 is 11.8 Å². The average Bonchev–Trinajstić information content (AvgIpc) is 2.67. The lowest BCUT2D eigenvalue weighted by Crippen LogP contribution is -2.40. The molecule has 7 heteroatoms. The van der Waals surface area contributed by atoms with Gasteiger partial charge in [0.2, 0.25) is 15.9 Å². The first kappa shape index (κ1) is 22.5. The second-order valence-electron chi connectivity index (χ2n) is 7.10. The molecule has 1 atom stereocenters. The highest BCUT2D eigenvalue weighted by molar-refractivity contribution is 7.98. The van der Waals surface area contributed by atoms with E-state index in [4.69, 9.17) is 0 Å². The molecule has 2 rings (SSSR count). The quantitative estimate of drug-likeness (QED) is 0.624. The number of carbonyl (C=O) groups is 1. The molecular weight excluding hydrogens is 392 g/mol. The van der Waals surface area contributed by atoms with Gasteiger partial charge in [-0.2, -0.15) is 4.31 Å². The minimum absolute atomic E-state index is 0.148. The van der Waals surface area contributed by atoms with Crippen LogP contribution in [0.25, 0.3) is 0 Å². The highest BCUT2D eigenvalue weighted by Crippen LogP contribution is 2.22. The van der Waals surface area contributed by atoms with Gasteiger partial charge in [0.15, 0.2) is 0 Å². The molecule has 0 radical (unpaired) electrons. The van der Waals surface area contributed by atoms with Crippen molar-refractivity contribution in [3.8, 4) is 0 Å². The molecule has 0 fully saturated rings. The summed E-state index contributed by atoms with van der Waals surface area (Å²) in [6.07, 6.45) is 2.71. The van der Waals surface area contributed by atoms with Crippen LogP contribution in [0, 0.1) is 5.92 Å². The standard InChI is InChI=1S/C21H28N2O3S2/c1-16(2)14-20(17-8-6-5-7-9-17)22-21(24)15-23(3)28(25,26)19-12-10-18(27-4)11-13-19/h5-13,16,20H,14-15H2,1-4H3,(H,22,24)/t20-/m1/s1. The highest BCUT2D eigenvalue weighted by Gasteiger charge is 2.24. The van der Waals surface area contributed by atoms with Gasteiger partial charge < -0.3 is 5.32 Å². The van der Waals surface area contributed by atoms with E-state index < -0.39 is 10.0 Å². The predicted octanol–water partition coefficient (Wildman–Crippen LogP) is 3.93. The Morgan fingerprint density at radius 1 is 1.07 bits per heavy atom. The smallest absolute Gasteiger partial charge is 0.243 e. The van der Waals surface area contributed by atoms with Crippen molar-refractivity contribution >= 4 is 27.7 Å². The molecular formula is C21H28N2O3S2. The molecule has 2 aromatic rings. The summed E-state index contributed by atoms with van der Waals surface area (Å²) >= 11 is 1.54. The number of carbonyl (C=O) groups excluding carboxylic acids is 1. The zero-order chi connectivity index (χ0) is 20.7. The summed E-state index contributed by atoms with van der Waals surface area (Å²) in [4.78, 5) is 13.7. The van der Waals surface area contributed by atoms with Gasteiger partial charge in [0.05, 0.1) is 17.5 Å². The third kappa shape index (κ3) is 6.09. The first-order chi connectivity index (χ1) is 13.2. The summed E-state index contributed by atoms with van der Waals surface area (Å²) in [5, 5.41) is 2.99. The lowest BCUT2D eigenvalue weighted by atomic mass is 9.97. The minimum Gasteiger partial charge on any atom is -0.348 e. The summed E-state index contributed by atoms with van der Waals surface area (Å²) in [6, 6.07) is 16.3. The molecule has 5 nitrogen and oxygen atoms in total. The van der Waals surface area contributed by atoms with Crippen LogP contribution < -0.4 is 5.32 Å². The number of thioether (sulfide) groups is 1. The number of nitrogens with one attached hydrogen (secondary N) is 1. The number of likely N-dealkylation sites (N-methyl/N-ethyl adjacent to an activating group) is 1. The van der Waals surface area contributed by atoms with Crippen LogP contribution in [0.15, 0.2) is 64.4 Å². The number of amides is 1. The van der Waals surface area contributed by atoms with E-state index in [-0.39, 0.29) is 23.4 Å². The fourth-order valence-electron chi connectivity index (χ4n) is 2.89. The van der Waals surface area contributed by atoms with Gasteiger partial charge >= 0.3 is 0 Å². The lowest BCUT2D eigenvalue weighted by molar-refractivity contribution is -0.122. The van der Waals surface area contributed by atoms with E-state index in [1.807, 2.05) is 36.6 Å². The van der Waals surface area contributed by atoms with Crippen molar-refractivity contribution in [2.75, 3.05) is 19.8 Å². The van der Waals surface area contributed by atoms with Crippen molar-refractivity contribution in [1.82, 2.24) is 9.62 Å². The third-order valence-corrected chi connectivity index (χ3v) is 6.94. The molecule has 0 aliphatic rings. The Morgan fingerprint density at radius 3 is 2.21 bits per heavy atom. The second kappa shape index (κ2) is 10.1. The normalized spacial score (nSPS) is 12.9. The van der Waals surface area contributed by atoms with Crippen molar-refractivity contribution in [3.63, 3.8) is 0 Å². The van der Waals surface area contributed by atoms with E-state index in [2.05, 4.69) is 19.2 Å². The van der Waals surface area contributed by atoms with E-state index in [0.29, 0.717) is 5.92 Å². The van der Waals surface area contributed by atoms with Crippen LogP contribution in [0.5, 0.6) is 0 Å². The summed E-state index contributed by atoms with van der Waals surface area (Å²) in [5.74, 6) is 0.0724. The Bertz CT molecular complexity index is 866. The van der Waals surface area contributed by atoms with Gasteiger partial charge in [0, 0.05) is 11.9 Å². The Kier molecular flexibility index (Phi) is 8.10. The lowest BCUT2D eigenvalue weighted by Gasteiger charge is -2.23. The number of benzene rings is 2. The largest absolute Gasteiger partial charge is 0.348 e. The van der Waals surface area contributed by atoms with Crippen molar-refractivity contribution in [2.45, 2.75) is 36.1 Å². The molecule has 152 valence electrons. The topological polar surface area (TPSA) is 66.5 Å². The first-order valence-electron chi connectivity index (χ1n) is 9.18. The van der Waals surface area contributed by atoms with Crippen LogP contribution in [0.2, 0.25) is 0 Å². The molecule has 0 unspecified atom stereocenters. The van der Waals surface area contributed by atoms with Gasteiger partial charge in [-0.1, -0.05) is 44.2 Å². The number of sulfonamides is 1. The van der Waals surface area contributed by atoms with Gasteiger partial charge in [-0.15, -0.1) is 11.8 Å². The van der Waals surface area contributed by atoms with Crippen LogP contribution in [-0.4, -0.2) is 38.5 Å². The Hall–Kier alpha value is -1.83. The van der Waals surface area contributed by atoms with E-state index in [0.717, 1.165) is 21.2 Å². The zero-order valence-electron chi connectivity index (χ0n) is 16.8. The van der Waals surface area contributed by atoms with Crippen LogP contribution in [0.1, 0.15) is 31.9 Å². The van der Waals surface area contributed by atoms with Gasteiger partial charge in [0.1, 0.15) is 0 Å². The summed E-state index contributed by atoms with van der Waals surface area (Å²) in [6.45, 7) is 3.96. The van der Waals surface area contributed by atoms with Crippen LogP contribution in [-0.2, 0) is 14.8 Å². The Labute approximate surface area is 172 Å². The third-order valence-electron chi connectivity index (χ3n) is 4.38. The molecule has 28 heavy (non-hydrogen) atoms. The highest BCUT2D eigenvalue weighted by atomic mass is 32.2. The minimum atomic E-state index is -3.72. The van der Waals surface area contributed by atoms with Crippen LogP contribution in [0.3, 0.4) is 0 Å². The number of rotatable bonds is 9. The van der Waals surface area contributed by atoms with Gasteiger partial charge in [-0.25, -0.2) is 8.42 Å². The zero-order valence-corrected chi connectivity index (χ0v) is 18.4. The van der Waals surface area contributed by atoms with E-state index >= 15 is 0 Å². The molecule has 0 spiro atoms. The molecule has 0 heterocycles. The van der Waals surface area contributed by atoms with Gasteiger partial charge in [-0.05, 0) is 48.4 Å². The monoisotopic (exact) mass is 420 g/mol. The summed E-state index contributed by atoms with van der Waals surface area (Å²) in [7, 11) is -2.29.